The Balaban J connectivity index is 1.41. The lowest BCUT2D eigenvalue weighted by Gasteiger charge is -2.17. The van der Waals surface area contributed by atoms with Gasteiger partial charge in [-0.05, 0) is 56.8 Å². The summed E-state index contributed by atoms with van der Waals surface area (Å²) in [5.74, 6) is 2.37. The Morgan fingerprint density at radius 1 is 1.19 bits per heavy atom. The molecule has 27 heavy (non-hydrogen) atoms. The minimum absolute atomic E-state index is 0.631. The Hall–Kier alpha value is -2.18. The van der Waals surface area contributed by atoms with Gasteiger partial charge in [0.1, 0.15) is 28.8 Å². The molecule has 0 unspecified atom stereocenters. The van der Waals surface area contributed by atoms with Gasteiger partial charge in [0.25, 0.3) is 0 Å². The summed E-state index contributed by atoms with van der Waals surface area (Å²) in [6.45, 7) is 4.16. The van der Waals surface area contributed by atoms with Gasteiger partial charge in [0, 0.05) is 11.4 Å². The number of likely N-dealkylation sites (N-methyl/N-ethyl adjacent to an activating group) is 1. The molecule has 2 aromatic heterocycles. The van der Waals surface area contributed by atoms with Crippen LogP contribution in [0.15, 0.2) is 24.3 Å². The molecule has 0 spiro atoms. The Labute approximate surface area is 164 Å². The number of nitrogens with two attached hydrogens (primary N) is 1. The Morgan fingerprint density at radius 3 is 2.85 bits per heavy atom. The quantitative estimate of drug-likeness (QED) is 0.699. The van der Waals surface area contributed by atoms with Gasteiger partial charge in [0.2, 0.25) is 0 Å². The molecule has 2 heterocycles. The highest BCUT2D eigenvalue weighted by atomic mass is 32.1. The predicted molar refractivity (Wildman–Crippen MR) is 111 cm³/mol. The smallest absolute Gasteiger partial charge is 0.146 e. The molecule has 1 aliphatic rings. The monoisotopic (exact) mass is 382 g/mol. The minimum atomic E-state index is 0.631. The highest BCUT2D eigenvalue weighted by Gasteiger charge is 2.20. The Bertz CT molecular complexity index is 953. The molecule has 0 saturated carbocycles. The first-order chi connectivity index (χ1) is 13.1. The molecule has 0 radical (unpaired) electrons. The number of aryl methyl sites for hydroxylation is 3. The summed E-state index contributed by atoms with van der Waals surface area (Å²) in [4.78, 5) is 14.1. The summed E-state index contributed by atoms with van der Waals surface area (Å²) in [7, 11) is 2.06. The van der Waals surface area contributed by atoms with Crippen LogP contribution in [0.5, 0.6) is 5.75 Å². The summed E-state index contributed by atoms with van der Waals surface area (Å²) in [5.41, 5.74) is 8.86. The largest absolute Gasteiger partial charge is 0.492 e. The van der Waals surface area contributed by atoms with E-state index in [1.165, 1.54) is 23.3 Å². The molecular weight excluding hydrogens is 356 g/mol. The van der Waals surface area contributed by atoms with E-state index in [0.29, 0.717) is 19.0 Å². The van der Waals surface area contributed by atoms with Gasteiger partial charge in [0.05, 0.1) is 11.9 Å². The first kappa shape index (κ1) is 18.2. The minimum Gasteiger partial charge on any atom is -0.492 e. The van der Waals surface area contributed by atoms with Crippen molar-refractivity contribution in [2.24, 2.45) is 0 Å². The van der Waals surface area contributed by atoms with E-state index >= 15 is 0 Å². The number of anilines is 1. The zero-order valence-electron chi connectivity index (χ0n) is 16.0. The molecule has 0 amide bonds. The van der Waals surface area contributed by atoms with Crippen molar-refractivity contribution >= 4 is 27.4 Å². The average molecular weight is 383 g/mol. The molecule has 0 bridgehead atoms. The fourth-order valence-corrected chi connectivity index (χ4v) is 4.94. The van der Waals surface area contributed by atoms with Crippen molar-refractivity contribution in [3.63, 3.8) is 0 Å². The third kappa shape index (κ3) is 3.92. The van der Waals surface area contributed by atoms with Crippen molar-refractivity contribution in [1.82, 2.24) is 14.9 Å². The van der Waals surface area contributed by atoms with Crippen LogP contribution >= 0.6 is 11.3 Å². The molecule has 5 nitrogen and oxygen atoms in total. The van der Waals surface area contributed by atoms with Gasteiger partial charge < -0.3 is 10.5 Å². The molecule has 0 aliphatic heterocycles. The molecule has 1 aromatic carbocycles. The number of fused-ring (bicyclic) bond motifs is 3. The number of ether oxygens (including phenoxy) is 1. The molecule has 0 atom stereocenters. The summed E-state index contributed by atoms with van der Waals surface area (Å²) in [6, 6.07) is 8.09. The number of nitrogen functional groups attached to an aromatic ring is 1. The van der Waals surface area contributed by atoms with Gasteiger partial charge >= 0.3 is 0 Å². The maximum atomic E-state index is 6.31. The summed E-state index contributed by atoms with van der Waals surface area (Å²) in [5, 5.41) is 1.10. The Morgan fingerprint density at radius 2 is 2.00 bits per heavy atom. The highest BCUT2D eigenvalue weighted by Crippen LogP contribution is 2.37. The lowest BCUT2D eigenvalue weighted by atomic mass is 9.97. The van der Waals surface area contributed by atoms with Crippen molar-refractivity contribution in [1.29, 1.82) is 0 Å². The molecule has 6 heteroatoms. The van der Waals surface area contributed by atoms with Crippen LogP contribution in [0.25, 0.3) is 10.2 Å². The molecule has 2 N–H and O–H groups in total. The van der Waals surface area contributed by atoms with Crippen molar-refractivity contribution < 1.29 is 4.74 Å². The molecule has 0 fully saturated rings. The molecular formula is C21H26N4OS. The number of benzene rings is 1. The first-order valence-corrected chi connectivity index (χ1v) is 10.4. The number of rotatable bonds is 6. The highest BCUT2D eigenvalue weighted by molar-refractivity contribution is 7.19. The zero-order valence-corrected chi connectivity index (χ0v) is 16.8. The SMILES string of the molecule is Cc1ccccc1OCCN(C)Cc1nc(N)c2c3c(sc2n1)CCCC3. The van der Waals surface area contributed by atoms with Gasteiger partial charge in [-0.2, -0.15) is 0 Å². The third-order valence-electron chi connectivity index (χ3n) is 5.12. The van der Waals surface area contributed by atoms with Crippen molar-refractivity contribution in [3.8, 4) is 5.75 Å². The van der Waals surface area contributed by atoms with E-state index < -0.39 is 0 Å². The molecule has 4 rings (SSSR count). The van der Waals surface area contributed by atoms with Crippen LogP contribution < -0.4 is 10.5 Å². The van der Waals surface area contributed by atoms with Crippen LogP contribution in [0, 0.1) is 6.92 Å². The average Bonchev–Trinajstić information content (AvgIpc) is 3.02. The van der Waals surface area contributed by atoms with E-state index in [1.807, 2.05) is 18.2 Å². The maximum absolute atomic E-state index is 6.31. The van der Waals surface area contributed by atoms with Crippen LogP contribution in [-0.2, 0) is 19.4 Å². The van der Waals surface area contributed by atoms with Gasteiger partial charge in [0.15, 0.2) is 0 Å². The molecule has 0 saturated heterocycles. The number of para-hydroxylation sites is 1. The van der Waals surface area contributed by atoms with Crippen LogP contribution in [-0.4, -0.2) is 35.1 Å². The second-order valence-electron chi connectivity index (χ2n) is 7.27. The first-order valence-electron chi connectivity index (χ1n) is 9.55. The second kappa shape index (κ2) is 7.82. The summed E-state index contributed by atoms with van der Waals surface area (Å²) < 4.78 is 5.89. The Kier molecular flexibility index (Phi) is 5.27. The third-order valence-corrected chi connectivity index (χ3v) is 6.31. The van der Waals surface area contributed by atoms with Crippen LogP contribution in [0.3, 0.4) is 0 Å². The molecule has 142 valence electrons. The number of hydrogen-bond acceptors (Lipinski definition) is 6. The normalized spacial score (nSPS) is 13.9. The van der Waals surface area contributed by atoms with E-state index in [9.17, 15) is 0 Å². The molecule has 3 aromatic rings. The van der Waals surface area contributed by atoms with E-state index in [-0.39, 0.29) is 0 Å². The van der Waals surface area contributed by atoms with Crippen LogP contribution in [0.1, 0.15) is 34.7 Å². The van der Waals surface area contributed by atoms with Crippen molar-refractivity contribution in [2.75, 3.05) is 25.9 Å². The zero-order chi connectivity index (χ0) is 18.8. The van der Waals surface area contributed by atoms with Crippen LogP contribution in [0.2, 0.25) is 0 Å². The van der Waals surface area contributed by atoms with Gasteiger partial charge in [-0.1, -0.05) is 18.2 Å². The maximum Gasteiger partial charge on any atom is 0.146 e. The van der Waals surface area contributed by atoms with Crippen molar-refractivity contribution in [2.45, 2.75) is 39.2 Å². The molecule has 1 aliphatic carbocycles. The van der Waals surface area contributed by atoms with Crippen LogP contribution in [0.4, 0.5) is 5.82 Å². The van der Waals surface area contributed by atoms with Crippen molar-refractivity contribution in [3.05, 3.63) is 46.1 Å². The number of aromatic nitrogens is 2. The predicted octanol–water partition coefficient (Wildman–Crippen LogP) is 3.97. The van der Waals surface area contributed by atoms with E-state index in [2.05, 4.69) is 29.9 Å². The number of nitrogens with zero attached hydrogens (tertiary/aromatic N) is 3. The van der Waals surface area contributed by atoms with E-state index in [1.54, 1.807) is 11.3 Å². The summed E-state index contributed by atoms with van der Waals surface area (Å²) in [6.07, 6.45) is 4.77. The fraction of sp³-hybridized carbons (Fsp3) is 0.429. The number of thiophene rings is 1. The summed E-state index contributed by atoms with van der Waals surface area (Å²) >= 11 is 1.80. The second-order valence-corrected chi connectivity index (χ2v) is 8.35. The lowest BCUT2D eigenvalue weighted by molar-refractivity contribution is 0.229. The fourth-order valence-electron chi connectivity index (χ4n) is 3.65. The topological polar surface area (TPSA) is 64.3 Å². The van der Waals surface area contributed by atoms with Gasteiger partial charge in [-0.25, -0.2) is 9.97 Å². The van der Waals surface area contributed by atoms with E-state index in [4.69, 9.17) is 15.5 Å². The van der Waals surface area contributed by atoms with Gasteiger partial charge in [-0.3, -0.25) is 4.90 Å². The van der Waals surface area contributed by atoms with E-state index in [0.717, 1.165) is 46.7 Å². The van der Waals surface area contributed by atoms with Gasteiger partial charge in [-0.15, -0.1) is 11.3 Å². The number of hydrogen-bond donors (Lipinski definition) is 1. The lowest BCUT2D eigenvalue weighted by Crippen LogP contribution is -2.25. The standard InChI is InChI=1S/C21H26N4OS/c1-14-7-3-5-9-16(14)26-12-11-25(2)13-18-23-20(22)19-15-8-4-6-10-17(15)27-21(19)24-18/h3,5,7,9H,4,6,8,10-13H2,1-2H3,(H2,22,23,24).